The summed E-state index contributed by atoms with van der Waals surface area (Å²) in [6.07, 6.45) is 6.27. The van der Waals surface area contributed by atoms with Gasteiger partial charge in [0.1, 0.15) is 36.4 Å². The monoisotopic (exact) mass is 541 g/mol. The van der Waals surface area contributed by atoms with E-state index in [0.717, 1.165) is 60.8 Å². The summed E-state index contributed by atoms with van der Waals surface area (Å²) in [6, 6.07) is 20.0. The number of oxime groups is 1. The molecule has 0 bridgehead atoms. The summed E-state index contributed by atoms with van der Waals surface area (Å²) >= 11 is 0. The van der Waals surface area contributed by atoms with Gasteiger partial charge in [-0.3, -0.25) is 4.98 Å². The maximum Gasteiger partial charge on any atom is 0.147 e. The maximum absolute atomic E-state index is 6.45. The summed E-state index contributed by atoms with van der Waals surface area (Å²) in [5, 5.41) is 4.45. The molecular formula is C33H39N3O4. The Bertz CT molecular complexity index is 1320. The highest BCUT2D eigenvalue weighted by molar-refractivity contribution is 5.82. The first kappa shape index (κ1) is 27.7. The Morgan fingerprint density at radius 1 is 1.05 bits per heavy atom. The van der Waals surface area contributed by atoms with Crippen molar-refractivity contribution in [3.63, 3.8) is 0 Å². The second-order valence-electron chi connectivity index (χ2n) is 10.5. The van der Waals surface area contributed by atoms with E-state index < -0.39 is 0 Å². The number of aryl methyl sites for hydroxylation is 3. The van der Waals surface area contributed by atoms with Crippen molar-refractivity contribution >= 4 is 11.4 Å². The minimum Gasteiger partial charge on any atom is -0.497 e. The third kappa shape index (κ3) is 6.83. The van der Waals surface area contributed by atoms with E-state index in [1.165, 1.54) is 16.9 Å². The van der Waals surface area contributed by atoms with Crippen LogP contribution in [0, 0.1) is 13.8 Å². The van der Waals surface area contributed by atoms with Crippen molar-refractivity contribution in [1.29, 1.82) is 0 Å². The molecule has 3 aromatic rings. The third-order valence-electron chi connectivity index (χ3n) is 7.53. The molecule has 2 aliphatic heterocycles. The number of benzene rings is 2. The molecule has 210 valence electrons. The van der Waals surface area contributed by atoms with E-state index in [9.17, 15) is 0 Å². The average molecular weight is 542 g/mol. The van der Waals surface area contributed by atoms with Crippen molar-refractivity contribution in [2.24, 2.45) is 5.16 Å². The molecule has 0 spiro atoms. The molecule has 3 atom stereocenters. The second kappa shape index (κ2) is 13.0. The molecule has 1 aromatic heterocycles. The minimum atomic E-state index is -0.333. The average Bonchev–Trinajstić information content (AvgIpc) is 2.98. The summed E-state index contributed by atoms with van der Waals surface area (Å²) in [6.45, 7) is 8.44. The van der Waals surface area contributed by atoms with Gasteiger partial charge >= 0.3 is 0 Å². The molecule has 7 nitrogen and oxygen atoms in total. The summed E-state index contributed by atoms with van der Waals surface area (Å²) in [5.74, 6) is 1.52. The molecule has 0 unspecified atom stereocenters. The quantitative estimate of drug-likeness (QED) is 0.168. The zero-order valence-electron chi connectivity index (χ0n) is 23.9. The van der Waals surface area contributed by atoms with Crippen LogP contribution in [-0.2, 0) is 16.0 Å². The van der Waals surface area contributed by atoms with E-state index >= 15 is 0 Å². The molecule has 0 aliphatic carbocycles. The highest BCUT2D eigenvalue weighted by Gasteiger charge is 2.30. The highest BCUT2D eigenvalue weighted by Crippen LogP contribution is 2.30. The van der Waals surface area contributed by atoms with Crippen LogP contribution in [0.4, 0.5) is 5.69 Å². The molecule has 7 heteroatoms. The van der Waals surface area contributed by atoms with Gasteiger partial charge < -0.3 is 23.9 Å². The first-order valence-electron chi connectivity index (χ1n) is 14.1. The van der Waals surface area contributed by atoms with Crippen LogP contribution in [0.5, 0.6) is 11.5 Å². The number of ether oxygens (including phenoxy) is 3. The van der Waals surface area contributed by atoms with Gasteiger partial charge in [0, 0.05) is 25.2 Å². The Kier molecular flexibility index (Phi) is 9.01. The predicted molar refractivity (Wildman–Crippen MR) is 159 cm³/mol. The number of nitrogens with zero attached hydrogens (tertiary/aromatic N) is 3. The van der Waals surface area contributed by atoms with Crippen LogP contribution in [0.2, 0.25) is 0 Å². The Morgan fingerprint density at radius 3 is 2.60 bits per heavy atom. The molecule has 0 saturated heterocycles. The SMILES string of the molecule is COc1ccc(O[C@H]2C=C[C@@H](c3ccccc3)O[C@H]2CON=C(C)CCN2CCCc3nc(C)c(C)cc32)cc1. The van der Waals surface area contributed by atoms with Crippen LogP contribution < -0.4 is 14.4 Å². The lowest BCUT2D eigenvalue weighted by Gasteiger charge is -2.32. The second-order valence-corrected chi connectivity index (χ2v) is 10.5. The molecule has 5 rings (SSSR count). The molecule has 0 fully saturated rings. The molecule has 0 N–H and O–H groups in total. The Labute approximate surface area is 237 Å². The third-order valence-corrected chi connectivity index (χ3v) is 7.53. The number of rotatable bonds is 10. The van der Waals surface area contributed by atoms with E-state index in [1.54, 1.807) is 7.11 Å². The Morgan fingerprint density at radius 2 is 1.82 bits per heavy atom. The van der Waals surface area contributed by atoms with Crippen LogP contribution in [0.15, 0.2) is 78.0 Å². The lowest BCUT2D eigenvalue weighted by atomic mass is 10.0. The van der Waals surface area contributed by atoms with E-state index in [1.807, 2.05) is 55.5 Å². The summed E-state index contributed by atoms with van der Waals surface area (Å²) in [5.41, 5.74) is 6.86. The molecule has 0 saturated carbocycles. The van der Waals surface area contributed by atoms with Crippen molar-refractivity contribution in [1.82, 2.24) is 4.98 Å². The van der Waals surface area contributed by atoms with Crippen LogP contribution >= 0.6 is 0 Å². The number of pyridine rings is 1. The van der Waals surface area contributed by atoms with Crippen LogP contribution in [0.25, 0.3) is 0 Å². The van der Waals surface area contributed by atoms with Gasteiger partial charge in [-0.05, 0) is 81.1 Å². The van der Waals surface area contributed by atoms with E-state index in [2.05, 4.69) is 48.2 Å². The fourth-order valence-electron chi connectivity index (χ4n) is 5.09. The van der Waals surface area contributed by atoms with Gasteiger partial charge in [-0.25, -0.2) is 0 Å². The smallest absolute Gasteiger partial charge is 0.147 e. The lowest BCUT2D eigenvalue weighted by molar-refractivity contribution is -0.0878. The number of hydrogen-bond acceptors (Lipinski definition) is 7. The van der Waals surface area contributed by atoms with Gasteiger partial charge in [-0.15, -0.1) is 0 Å². The highest BCUT2D eigenvalue weighted by atomic mass is 16.6. The van der Waals surface area contributed by atoms with Gasteiger partial charge in [0.15, 0.2) is 0 Å². The molecule has 2 aromatic carbocycles. The summed E-state index contributed by atoms with van der Waals surface area (Å²) in [7, 11) is 1.65. The molecule has 40 heavy (non-hydrogen) atoms. The number of fused-ring (bicyclic) bond motifs is 1. The minimum absolute atomic E-state index is 0.171. The number of hydrogen-bond donors (Lipinski definition) is 0. The fraction of sp³-hybridized carbons (Fsp3) is 0.394. The lowest BCUT2D eigenvalue weighted by Crippen LogP contribution is -2.39. The van der Waals surface area contributed by atoms with E-state index in [4.69, 9.17) is 24.0 Å². The standard InChI is InChI=1S/C33H39N3O4/c1-23-21-30-29(34-25(23)3)11-8-19-36(30)20-18-24(2)35-38-22-33-32(39-28-14-12-27(37-4)13-15-28)17-16-31(40-33)26-9-6-5-7-10-26/h5-7,9-10,12-17,21,31-33H,8,11,18-20,22H2,1-4H3/t31-,32-,33-/m0/s1. The van der Waals surface area contributed by atoms with E-state index in [-0.39, 0.29) is 24.9 Å². The topological polar surface area (TPSA) is 65.4 Å². The van der Waals surface area contributed by atoms with Crippen molar-refractivity contribution in [2.45, 2.75) is 58.3 Å². The molecule has 0 radical (unpaired) electrons. The van der Waals surface area contributed by atoms with Gasteiger partial charge in [-0.1, -0.05) is 41.6 Å². The molecule has 2 aliphatic rings. The van der Waals surface area contributed by atoms with Crippen molar-refractivity contribution in [3.8, 4) is 11.5 Å². The van der Waals surface area contributed by atoms with E-state index in [0.29, 0.717) is 0 Å². The number of aromatic nitrogens is 1. The van der Waals surface area contributed by atoms with Crippen molar-refractivity contribution in [2.75, 3.05) is 31.7 Å². The first-order chi connectivity index (χ1) is 19.5. The normalized spacial score (nSPS) is 20.6. The number of methoxy groups -OCH3 is 1. The Balaban J connectivity index is 1.21. The summed E-state index contributed by atoms with van der Waals surface area (Å²) < 4.78 is 18.0. The first-order valence-corrected chi connectivity index (χ1v) is 14.1. The molecular weight excluding hydrogens is 502 g/mol. The number of anilines is 1. The van der Waals surface area contributed by atoms with Crippen LogP contribution in [-0.4, -0.2) is 49.7 Å². The molecule has 0 amide bonds. The fourth-order valence-corrected chi connectivity index (χ4v) is 5.09. The maximum atomic E-state index is 6.45. The predicted octanol–water partition coefficient (Wildman–Crippen LogP) is 6.39. The van der Waals surface area contributed by atoms with Crippen LogP contribution in [0.3, 0.4) is 0 Å². The molecule has 3 heterocycles. The van der Waals surface area contributed by atoms with Crippen LogP contribution in [0.1, 0.15) is 48.4 Å². The van der Waals surface area contributed by atoms with Gasteiger partial charge in [0.25, 0.3) is 0 Å². The van der Waals surface area contributed by atoms with Crippen molar-refractivity contribution in [3.05, 3.63) is 95.3 Å². The zero-order valence-corrected chi connectivity index (χ0v) is 23.9. The van der Waals surface area contributed by atoms with Gasteiger partial charge in [-0.2, -0.15) is 0 Å². The zero-order chi connectivity index (χ0) is 27.9. The van der Waals surface area contributed by atoms with Gasteiger partial charge in [0.05, 0.1) is 24.2 Å². The summed E-state index contributed by atoms with van der Waals surface area (Å²) in [4.78, 5) is 13.1. The Hall–Kier alpha value is -3.84. The van der Waals surface area contributed by atoms with Crippen molar-refractivity contribution < 1.29 is 19.0 Å². The largest absolute Gasteiger partial charge is 0.497 e. The van der Waals surface area contributed by atoms with Gasteiger partial charge in [0.2, 0.25) is 0 Å².